The van der Waals surface area contributed by atoms with E-state index in [1.165, 1.54) is 22.3 Å². The highest BCUT2D eigenvalue weighted by molar-refractivity contribution is 5.66. The Morgan fingerprint density at radius 2 is 0.593 bits per heavy atom. The molecule has 0 spiro atoms. The van der Waals surface area contributed by atoms with E-state index in [9.17, 15) is 0 Å². The summed E-state index contributed by atoms with van der Waals surface area (Å²) in [5.74, 6) is 0. The SMILES string of the molecule is Nc1ccc(-c2ccccc2)cc1.Nc1ccc(-c2ccccc2)cc1.O. The topological polar surface area (TPSA) is 83.5 Å². The van der Waals surface area contributed by atoms with Crippen LogP contribution in [0.25, 0.3) is 22.3 Å². The van der Waals surface area contributed by atoms with Gasteiger partial charge in [-0.3, -0.25) is 0 Å². The van der Waals surface area contributed by atoms with Gasteiger partial charge in [0.05, 0.1) is 0 Å². The van der Waals surface area contributed by atoms with Gasteiger partial charge in [0.15, 0.2) is 0 Å². The third-order valence-corrected chi connectivity index (χ3v) is 4.04. The van der Waals surface area contributed by atoms with Crippen LogP contribution in [0.1, 0.15) is 0 Å². The van der Waals surface area contributed by atoms with Crippen LogP contribution in [0.2, 0.25) is 0 Å². The van der Waals surface area contributed by atoms with Crippen LogP contribution in [0, 0.1) is 0 Å². The van der Waals surface area contributed by atoms with Crippen molar-refractivity contribution in [1.82, 2.24) is 0 Å². The minimum Gasteiger partial charge on any atom is -0.412 e. The number of anilines is 2. The van der Waals surface area contributed by atoms with Gasteiger partial charge in [0.1, 0.15) is 0 Å². The molecule has 0 aliphatic rings. The summed E-state index contributed by atoms with van der Waals surface area (Å²) in [6.45, 7) is 0. The molecular weight excluding hydrogens is 332 g/mol. The van der Waals surface area contributed by atoms with Gasteiger partial charge in [-0.05, 0) is 46.5 Å². The third-order valence-electron chi connectivity index (χ3n) is 4.04. The summed E-state index contributed by atoms with van der Waals surface area (Å²) in [5, 5.41) is 0. The quantitative estimate of drug-likeness (QED) is 0.493. The van der Waals surface area contributed by atoms with Crippen LogP contribution in [0.4, 0.5) is 11.4 Å². The molecule has 0 aromatic heterocycles. The summed E-state index contributed by atoms with van der Waals surface area (Å²) in [6, 6.07) is 36.3. The van der Waals surface area contributed by atoms with Crippen LogP contribution < -0.4 is 11.5 Å². The van der Waals surface area contributed by atoms with Crippen molar-refractivity contribution in [1.29, 1.82) is 0 Å². The maximum atomic E-state index is 5.60. The molecule has 4 aromatic carbocycles. The number of hydrogen-bond donors (Lipinski definition) is 2. The maximum absolute atomic E-state index is 5.60. The van der Waals surface area contributed by atoms with Crippen LogP contribution in [0.15, 0.2) is 109 Å². The van der Waals surface area contributed by atoms with Crippen molar-refractivity contribution in [2.24, 2.45) is 0 Å². The van der Waals surface area contributed by atoms with Crippen molar-refractivity contribution in [2.75, 3.05) is 11.5 Å². The molecule has 27 heavy (non-hydrogen) atoms. The summed E-state index contributed by atoms with van der Waals surface area (Å²) >= 11 is 0. The van der Waals surface area contributed by atoms with Crippen molar-refractivity contribution in [3.8, 4) is 22.3 Å². The summed E-state index contributed by atoms with van der Waals surface area (Å²) in [6.07, 6.45) is 0. The normalized spacial score (nSPS) is 9.48. The zero-order valence-corrected chi connectivity index (χ0v) is 15.0. The summed E-state index contributed by atoms with van der Waals surface area (Å²) in [4.78, 5) is 0. The molecule has 0 radical (unpaired) electrons. The number of hydrogen-bond acceptors (Lipinski definition) is 2. The Balaban J connectivity index is 0.000000187. The highest BCUT2D eigenvalue weighted by atomic mass is 16.0. The van der Waals surface area contributed by atoms with E-state index in [-0.39, 0.29) is 5.48 Å². The largest absolute Gasteiger partial charge is 0.412 e. The monoisotopic (exact) mass is 356 g/mol. The molecule has 0 bridgehead atoms. The molecule has 6 N–H and O–H groups in total. The average Bonchev–Trinajstić information content (AvgIpc) is 2.71. The molecule has 0 saturated carbocycles. The van der Waals surface area contributed by atoms with Crippen molar-refractivity contribution in [2.45, 2.75) is 0 Å². The predicted molar refractivity (Wildman–Crippen MR) is 116 cm³/mol. The number of nitrogens with two attached hydrogens (primary N) is 2. The Morgan fingerprint density at radius 1 is 0.333 bits per heavy atom. The van der Waals surface area contributed by atoms with Gasteiger partial charge >= 0.3 is 0 Å². The van der Waals surface area contributed by atoms with E-state index in [4.69, 9.17) is 11.5 Å². The van der Waals surface area contributed by atoms with Crippen LogP contribution in [0.3, 0.4) is 0 Å². The van der Waals surface area contributed by atoms with E-state index in [0.717, 1.165) is 11.4 Å². The lowest BCUT2D eigenvalue weighted by molar-refractivity contribution is 0.824. The summed E-state index contributed by atoms with van der Waals surface area (Å²) in [5.41, 5.74) is 17.7. The third kappa shape index (κ3) is 5.73. The summed E-state index contributed by atoms with van der Waals surface area (Å²) < 4.78 is 0. The Hall–Kier alpha value is -3.56. The second-order valence-electron chi connectivity index (χ2n) is 5.98. The molecule has 4 rings (SSSR count). The number of nitrogen functional groups attached to an aromatic ring is 2. The van der Waals surface area contributed by atoms with Crippen molar-refractivity contribution in [3.63, 3.8) is 0 Å². The first-order valence-electron chi connectivity index (χ1n) is 8.54. The molecule has 0 aliphatic heterocycles. The molecule has 0 fully saturated rings. The molecule has 136 valence electrons. The number of rotatable bonds is 2. The summed E-state index contributed by atoms with van der Waals surface area (Å²) in [7, 11) is 0. The van der Waals surface area contributed by atoms with Crippen LogP contribution in [-0.2, 0) is 0 Å². The molecule has 0 aliphatic carbocycles. The van der Waals surface area contributed by atoms with Gasteiger partial charge in [0, 0.05) is 11.4 Å². The first kappa shape index (κ1) is 19.8. The van der Waals surface area contributed by atoms with Gasteiger partial charge in [-0.15, -0.1) is 0 Å². The van der Waals surface area contributed by atoms with Gasteiger partial charge in [-0.25, -0.2) is 0 Å². The van der Waals surface area contributed by atoms with E-state index in [1.54, 1.807) is 0 Å². The molecule has 3 heteroatoms. The lowest BCUT2D eigenvalue weighted by Crippen LogP contribution is -1.83. The molecule has 0 atom stereocenters. The second kappa shape index (κ2) is 9.80. The Morgan fingerprint density at radius 3 is 0.889 bits per heavy atom. The van der Waals surface area contributed by atoms with Crippen molar-refractivity contribution < 1.29 is 5.48 Å². The molecule has 0 unspecified atom stereocenters. The van der Waals surface area contributed by atoms with Gasteiger partial charge in [0.25, 0.3) is 0 Å². The average molecular weight is 356 g/mol. The Labute approximate surface area is 160 Å². The van der Waals surface area contributed by atoms with Gasteiger partial charge < -0.3 is 16.9 Å². The molecule has 4 aromatic rings. The zero-order valence-electron chi connectivity index (χ0n) is 15.0. The predicted octanol–water partition coefficient (Wildman–Crippen LogP) is 5.05. The smallest absolute Gasteiger partial charge is 0.0314 e. The standard InChI is InChI=1S/2C12H11N.H2O/c2*13-12-8-6-11(7-9-12)10-4-2-1-3-5-10;/h2*1-9H,13H2;1H2. The molecule has 0 heterocycles. The molecule has 0 amide bonds. The van der Waals surface area contributed by atoms with Gasteiger partial charge in [-0.2, -0.15) is 0 Å². The van der Waals surface area contributed by atoms with Crippen molar-refractivity contribution in [3.05, 3.63) is 109 Å². The van der Waals surface area contributed by atoms with Crippen molar-refractivity contribution >= 4 is 11.4 Å². The van der Waals surface area contributed by atoms with E-state index < -0.39 is 0 Å². The molecule has 3 nitrogen and oxygen atoms in total. The van der Waals surface area contributed by atoms with E-state index in [0.29, 0.717) is 0 Å². The van der Waals surface area contributed by atoms with Gasteiger partial charge in [-0.1, -0.05) is 84.9 Å². The van der Waals surface area contributed by atoms with Crippen LogP contribution >= 0.6 is 0 Å². The Bertz CT molecular complexity index is 838. The van der Waals surface area contributed by atoms with E-state index >= 15 is 0 Å². The fourth-order valence-corrected chi connectivity index (χ4v) is 2.61. The second-order valence-corrected chi connectivity index (χ2v) is 5.98. The zero-order chi connectivity index (χ0) is 18.2. The van der Waals surface area contributed by atoms with E-state index in [2.05, 4.69) is 24.3 Å². The minimum absolute atomic E-state index is 0. The van der Waals surface area contributed by atoms with Gasteiger partial charge in [0.2, 0.25) is 0 Å². The highest BCUT2D eigenvalue weighted by Gasteiger charge is 1.95. The minimum atomic E-state index is 0. The van der Waals surface area contributed by atoms with Crippen LogP contribution in [0.5, 0.6) is 0 Å². The number of benzene rings is 4. The van der Waals surface area contributed by atoms with E-state index in [1.807, 2.05) is 84.9 Å². The fraction of sp³-hybridized carbons (Fsp3) is 0. The fourth-order valence-electron chi connectivity index (χ4n) is 2.61. The van der Waals surface area contributed by atoms with Crippen LogP contribution in [-0.4, -0.2) is 5.48 Å². The Kier molecular flexibility index (Phi) is 7.17. The highest BCUT2D eigenvalue weighted by Crippen LogP contribution is 2.20. The molecule has 0 saturated heterocycles. The maximum Gasteiger partial charge on any atom is 0.0314 e. The first-order chi connectivity index (χ1) is 12.7. The lowest BCUT2D eigenvalue weighted by atomic mass is 10.1. The first-order valence-corrected chi connectivity index (χ1v) is 8.54. The molecular formula is C24H24N2O. The lowest BCUT2D eigenvalue weighted by Gasteiger charge is -2.00.